The van der Waals surface area contributed by atoms with E-state index < -0.39 is 0 Å². The number of hydrogen-bond donors (Lipinski definition) is 1. The predicted molar refractivity (Wildman–Crippen MR) is 97.8 cm³/mol. The topological polar surface area (TPSA) is 32.3 Å². The summed E-state index contributed by atoms with van der Waals surface area (Å²) in [5.74, 6) is 0.302. The summed E-state index contributed by atoms with van der Waals surface area (Å²) in [7, 11) is 2.12. The van der Waals surface area contributed by atoms with E-state index in [2.05, 4.69) is 60.6 Å². The lowest BCUT2D eigenvalue weighted by Gasteiger charge is -2.30. The predicted octanol–water partition coefficient (Wildman–Crippen LogP) is 3.54. The van der Waals surface area contributed by atoms with Crippen molar-refractivity contribution in [2.24, 2.45) is 5.92 Å². The molecule has 0 spiro atoms. The molecule has 1 saturated heterocycles. The van der Waals surface area contributed by atoms with Crippen LogP contribution in [0.2, 0.25) is 0 Å². The Bertz CT molecular complexity index is 675. The second-order valence-corrected chi connectivity index (χ2v) is 6.84. The lowest BCUT2D eigenvalue weighted by molar-refractivity contribution is -0.126. The number of carbonyl (C=O) groups is 1. The molecule has 24 heavy (non-hydrogen) atoms. The third-order valence-electron chi connectivity index (χ3n) is 4.88. The van der Waals surface area contributed by atoms with Crippen molar-refractivity contribution in [2.75, 3.05) is 20.1 Å². The molecule has 1 aliphatic rings. The van der Waals surface area contributed by atoms with Crippen LogP contribution in [0, 0.1) is 12.8 Å². The lowest BCUT2D eigenvalue weighted by Crippen LogP contribution is -2.40. The quantitative estimate of drug-likeness (QED) is 0.934. The maximum atomic E-state index is 12.8. The molecule has 1 amide bonds. The second-order valence-electron chi connectivity index (χ2n) is 6.84. The highest BCUT2D eigenvalue weighted by Crippen LogP contribution is 2.25. The zero-order valence-electron chi connectivity index (χ0n) is 14.5. The summed E-state index contributed by atoms with van der Waals surface area (Å²) in [6.07, 6.45) is 1.88. The minimum atomic E-state index is -0.0849. The average Bonchev–Trinajstić information content (AvgIpc) is 2.61. The highest BCUT2D eigenvalue weighted by molar-refractivity contribution is 5.79. The van der Waals surface area contributed by atoms with E-state index >= 15 is 0 Å². The Balaban J connectivity index is 1.81. The maximum Gasteiger partial charge on any atom is 0.223 e. The molecule has 1 aliphatic heterocycles. The van der Waals surface area contributed by atoms with Crippen LogP contribution in [0.1, 0.15) is 35.6 Å². The third-order valence-corrected chi connectivity index (χ3v) is 4.88. The molecule has 3 rings (SSSR count). The van der Waals surface area contributed by atoms with Crippen LogP contribution >= 0.6 is 0 Å². The summed E-state index contributed by atoms with van der Waals surface area (Å²) in [6, 6.07) is 18.6. The van der Waals surface area contributed by atoms with Gasteiger partial charge in [-0.3, -0.25) is 4.79 Å². The van der Waals surface area contributed by atoms with Crippen molar-refractivity contribution in [2.45, 2.75) is 25.8 Å². The Morgan fingerprint density at radius 3 is 2.38 bits per heavy atom. The molecule has 1 heterocycles. The van der Waals surface area contributed by atoms with E-state index in [0.717, 1.165) is 37.1 Å². The number of likely N-dealkylation sites (tertiary alicyclic amines) is 1. The largest absolute Gasteiger partial charge is 0.345 e. The molecule has 1 atom stereocenters. The fourth-order valence-electron chi connectivity index (χ4n) is 3.39. The Hall–Kier alpha value is -2.13. The number of nitrogens with zero attached hydrogens (tertiary/aromatic N) is 1. The lowest BCUT2D eigenvalue weighted by atomic mass is 9.93. The van der Waals surface area contributed by atoms with Crippen molar-refractivity contribution >= 4 is 5.91 Å². The zero-order chi connectivity index (χ0) is 16.9. The van der Waals surface area contributed by atoms with E-state index in [-0.39, 0.29) is 17.9 Å². The van der Waals surface area contributed by atoms with Gasteiger partial charge in [-0.05, 0) is 51.0 Å². The van der Waals surface area contributed by atoms with Gasteiger partial charge in [0.2, 0.25) is 5.91 Å². The molecule has 0 bridgehead atoms. The molecule has 0 aromatic heterocycles. The van der Waals surface area contributed by atoms with Crippen LogP contribution in [0.25, 0.3) is 0 Å². The van der Waals surface area contributed by atoms with Crippen LogP contribution in [0.5, 0.6) is 0 Å². The van der Waals surface area contributed by atoms with Crippen molar-refractivity contribution in [3.63, 3.8) is 0 Å². The van der Waals surface area contributed by atoms with E-state index in [1.807, 2.05) is 18.2 Å². The van der Waals surface area contributed by atoms with Crippen LogP contribution < -0.4 is 5.32 Å². The molecule has 3 heteroatoms. The van der Waals surface area contributed by atoms with E-state index in [1.165, 1.54) is 5.56 Å². The Kier molecular flexibility index (Phi) is 5.31. The standard InChI is InChI=1S/C21H26N2O/c1-16-7-6-10-19(15-16)20(17-8-4-3-5-9-17)22-21(24)18-11-13-23(2)14-12-18/h3-10,15,18,20H,11-14H2,1-2H3,(H,22,24)/t20-/m1/s1. The van der Waals surface area contributed by atoms with Crippen molar-refractivity contribution < 1.29 is 4.79 Å². The molecule has 2 aromatic carbocycles. The van der Waals surface area contributed by atoms with Crippen LogP contribution in [-0.4, -0.2) is 30.9 Å². The first-order chi connectivity index (χ1) is 11.6. The number of amides is 1. The highest BCUT2D eigenvalue weighted by Gasteiger charge is 2.26. The number of hydrogen-bond acceptors (Lipinski definition) is 2. The van der Waals surface area contributed by atoms with Gasteiger partial charge < -0.3 is 10.2 Å². The van der Waals surface area contributed by atoms with Gasteiger partial charge in [0, 0.05) is 5.92 Å². The normalized spacial score (nSPS) is 17.4. The van der Waals surface area contributed by atoms with Crippen LogP contribution in [0.15, 0.2) is 54.6 Å². The van der Waals surface area contributed by atoms with Crippen LogP contribution in [0.3, 0.4) is 0 Å². The molecular formula is C21H26N2O. The molecule has 0 unspecified atom stereocenters. The maximum absolute atomic E-state index is 12.8. The molecule has 0 radical (unpaired) electrons. The molecule has 2 aromatic rings. The summed E-state index contributed by atoms with van der Waals surface area (Å²) in [4.78, 5) is 15.1. The van der Waals surface area contributed by atoms with E-state index in [0.29, 0.717) is 0 Å². The first-order valence-corrected chi connectivity index (χ1v) is 8.74. The smallest absolute Gasteiger partial charge is 0.223 e. The monoisotopic (exact) mass is 322 g/mol. The van der Waals surface area contributed by atoms with Crippen LogP contribution in [-0.2, 0) is 4.79 Å². The van der Waals surface area contributed by atoms with E-state index in [1.54, 1.807) is 0 Å². The fourth-order valence-corrected chi connectivity index (χ4v) is 3.39. The Morgan fingerprint density at radius 1 is 1.04 bits per heavy atom. The number of carbonyl (C=O) groups excluding carboxylic acids is 1. The van der Waals surface area contributed by atoms with Gasteiger partial charge in [-0.25, -0.2) is 0 Å². The van der Waals surface area contributed by atoms with Crippen molar-refractivity contribution in [3.8, 4) is 0 Å². The SMILES string of the molecule is Cc1cccc([C@H](NC(=O)C2CCN(C)CC2)c2ccccc2)c1. The summed E-state index contributed by atoms with van der Waals surface area (Å²) < 4.78 is 0. The first-order valence-electron chi connectivity index (χ1n) is 8.74. The van der Waals surface area contributed by atoms with Gasteiger partial charge in [0.1, 0.15) is 0 Å². The third kappa shape index (κ3) is 4.04. The number of nitrogens with one attached hydrogen (secondary N) is 1. The van der Waals surface area contributed by atoms with Crippen molar-refractivity contribution in [1.29, 1.82) is 0 Å². The number of aryl methyl sites for hydroxylation is 1. The van der Waals surface area contributed by atoms with Gasteiger partial charge in [-0.1, -0.05) is 60.2 Å². The van der Waals surface area contributed by atoms with Gasteiger partial charge in [0.25, 0.3) is 0 Å². The molecule has 1 N–H and O–H groups in total. The molecule has 0 saturated carbocycles. The number of rotatable bonds is 4. The second kappa shape index (κ2) is 7.63. The Morgan fingerprint density at radius 2 is 1.71 bits per heavy atom. The van der Waals surface area contributed by atoms with Gasteiger partial charge in [-0.15, -0.1) is 0 Å². The zero-order valence-corrected chi connectivity index (χ0v) is 14.5. The minimum absolute atomic E-state index is 0.0849. The molecule has 3 nitrogen and oxygen atoms in total. The Labute approximate surface area is 144 Å². The minimum Gasteiger partial charge on any atom is -0.345 e. The molecule has 0 aliphatic carbocycles. The van der Waals surface area contributed by atoms with Gasteiger partial charge >= 0.3 is 0 Å². The summed E-state index contributed by atoms with van der Waals surface area (Å²) in [5.41, 5.74) is 3.48. The van der Waals surface area contributed by atoms with Gasteiger partial charge in [-0.2, -0.15) is 0 Å². The average molecular weight is 322 g/mol. The van der Waals surface area contributed by atoms with E-state index in [4.69, 9.17) is 0 Å². The van der Waals surface area contributed by atoms with Gasteiger partial charge in [0.15, 0.2) is 0 Å². The molecule has 1 fully saturated rings. The number of benzene rings is 2. The summed E-state index contributed by atoms with van der Waals surface area (Å²) in [6.45, 7) is 4.08. The first kappa shape index (κ1) is 16.7. The molecule has 126 valence electrons. The van der Waals surface area contributed by atoms with E-state index in [9.17, 15) is 4.79 Å². The number of piperidine rings is 1. The van der Waals surface area contributed by atoms with Crippen molar-refractivity contribution in [3.05, 3.63) is 71.3 Å². The van der Waals surface area contributed by atoms with Crippen molar-refractivity contribution in [1.82, 2.24) is 10.2 Å². The summed E-state index contributed by atoms with van der Waals surface area (Å²) in [5, 5.41) is 3.30. The summed E-state index contributed by atoms with van der Waals surface area (Å²) >= 11 is 0. The van der Waals surface area contributed by atoms with Gasteiger partial charge in [0.05, 0.1) is 6.04 Å². The fraction of sp³-hybridized carbons (Fsp3) is 0.381. The molecular weight excluding hydrogens is 296 g/mol. The highest BCUT2D eigenvalue weighted by atomic mass is 16.1. The van der Waals surface area contributed by atoms with Crippen LogP contribution in [0.4, 0.5) is 0 Å².